The maximum absolute atomic E-state index is 12.0. The van der Waals surface area contributed by atoms with Crippen molar-refractivity contribution in [2.75, 3.05) is 20.1 Å². The quantitative estimate of drug-likeness (QED) is 0.585. The van der Waals surface area contributed by atoms with Crippen LogP contribution in [0.1, 0.15) is 20.8 Å². The lowest BCUT2D eigenvalue weighted by Gasteiger charge is -2.21. The largest absolute Gasteiger partial charge is 0.406 e. The van der Waals surface area contributed by atoms with Crippen LogP contribution in [0.2, 0.25) is 0 Å². The number of aliphatic imine (C=N–C) groups is 1. The molecule has 0 aromatic carbocycles. The molecule has 0 saturated carbocycles. The lowest BCUT2D eigenvalue weighted by atomic mass is 10.1. The molecule has 18 heavy (non-hydrogen) atoms. The zero-order valence-electron chi connectivity index (χ0n) is 10.9. The fourth-order valence-corrected chi connectivity index (χ4v) is 1.05. The van der Waals surface area contributed by atoms with E-state index in [9.17, 15) is 18.0 Å². The van der Waals surface area contributed by atoms with Gasteiger partial charge in [-0.05, 0) is 20.8 Å². The van der Waals surface area contributed by atoms with E-state index in [0.717, 1.165) is 7.05 Å². The summed E-state index contributed by atoms with van der Waals surface area (Å²) in [5, 5.41) is 2.80. The molecule has 0 atom stereocenters. The monoisotopic (exact) mass is 268 g/mol. The Balaban J connectivity index is 4.29. The number of carbonyl (C=O) groups excluding carboxylic acids is 1. The van der Waals surface area contributed by atoms with Crippen LogP contribution in [0.15, 0.2) is 4.99 Å². The van der Waals surface area contributed by atoms with Crippen molar-refractivity contribution in [3.8, 4) is 0 Å². The van der Waals surface area contributed by atoms with Gasteiger partial charge >= 0.3 is 6.18 Å². The van der Waals surface area contributed by atoms with Gasteiger partial charge in [-0.1, -0.05) is 0 Å². The van der Waals surface area contributed by atoms with Crippen molar-refractivity contribution in [2.24, 2.45) is 10.7 Å². The van der Waals surface area contributed by atoms with Gasteiger partial charge in [0.05, 0.1) is 0 Å². The van der Waals surface area contributed by atoms with Gasteiger partial charge in [-0.3, -0.25) is 4.79 Å². The van der Waals surface area contributed by atoms with Crippen LogP contribution in [0.25, 0.3) is 0 Å². The molecule has 0 rings (SSSR count). The zero-order valence-corrected chi connectivity index (χ0v) is 10.9. The first kappa shape index (κ1) is 16.5. The second-order valence-electron chi connectivity index (χ2n) is 4.94. The van der Waals surface area contributed by atoms with Crippen molar-refractivity contribution in [3.05, 3.63) is 0 Å². The summed E-state index contributed by atoms with van der Waals surface area (Å²) in [6, 6.07) is 0. The predicted molar refractivity (Wildman–Crippen MR) is 63.1 cm³/mol. The first-order valence-corrected chi connectivity index (χ1v) is 5.29. The Kier molecular flexibility index (Phi) is 5.44. The molecule has 0 aromatic rings. The van der Waals surface area contributed by atoms with Crippen LogP contribution in [0.5, 0.6) is 0 Å². The molecule has 3 N–H and O–H groups in total. The molecular formula is C10H19F3N4O. The molecule has 0 unspecified atom stereocenters. The molecule has 5 nitrogen and oxygen atoms in total. The van der Waals surface area contributed by atoms with Gasteiger partial charge in [0, 0.05) is 12.6 Å². The van der Waals surface area contributed by atoms with E-state index >= 15 is 0 Å². The molecule has 0 radical (unpaired) electrons. The van der Waals surface area contributed by atoms with Crippen LogP contribution in [-0.4, -0.2) is 48.6 Å². The van der Waals surface area contributed by atoms with Crippen LogP contribution in [0.3, 0.4) is 0 Å². The Morgan fingerprint density at radius 3 is 2.22 bits per heavy atom. The average molecular weight is 268 g/mol. The van der Waals surface area contributed by atoms with Crippen molar-refractivity contribution < 1.29 is 18.0 Å². The Labute approximate surface area is 104 Å². The molecule has 0 aromatic heterocycles. The summed E-state index contributed by atoms with van der Waals surface area (Å²) in [5.74, 6) is -0.720. The lowest BCUT2D eigenvalue weighted by molar-refractivity contribution is -0.157. The van der Waals surface area contributed by atoms with Crippen molar-refractivity contribution in [1.29, 1.82) is 0 Å². The lowest BCUT2D eigenvalue weighted by Crippen LogP contribution is -2.45. The van der Waals surface area contributed by atoms with Gasteiger partial charge in [0.25, 0.3) is 0 Å². The molecular weight excluding hydrogens is 249 g/mol. The first-order chi connectivity index (χ1) is 7.91. The highest BCUT2D eigenvalue weighted by molar-refractivity contribution is 5.84. The van der Waals surface area contributed by atoms with E-state index in [1.54, 1.807) is 0 Å². The number of likely N-dealkylation sites (N-methyl/N-ethyl adjacent to an activating group) is 1. The van der Waals surface area contributed by atoms with Crippen molar-refractivity contribution in [3.63, 3.8) is 0 Å². The number of alkyl halides is 3. The molecule has 0 aliphatic heterocycles. The third-order valence-corrected chi connectivity index (χ3v) is 1.73. The highest BCUT2D eigenvalue weighted by Gasteiger charge is 2.30. The number of rotatable bonds is 3. The second kappa shape index (κ2) is 5.92. The van der Waals surface area contributed by atoms with Crippen LogP contribution in [-0.2, 0) is 4.79 Å². The van der Waals surface area contributed by atoms with E-state index in [0.29, 0.717) is 4.90 Å². The van der Waals surface area contributed by atoms with E-state index in [4.69, 9.17) is 5.73 Å². The summed E-state index contributed by atoms with van der Waals surface area (Å²) in [7, 11) is 1.07. The van der Waals surface area contributed by atoms with Crippen molar-refractivity contribution >= 4 is 11.9 Å². The maximum atomic E-state index is 12.0. The van der Waals surface area contributed by atoms with Crippen molar-refractivity contribution in [2.45, 2.75) is 32.5 Å². The zero-order chi connectivity index (χ0) is 14.6. The number of amides is 1. The normalized spacial score (nSPS) is 13.4. The molecule has 0 aliphatic carbocycles. The summed E-state index contributed by atoms with van der Waals surface area (Å²) in [6.07, 6.45) is -4.41. The average Bonchev–Trinajstić information content (AvgIpc) is 2.08. The minimum atomic E-state index is -4.41. The summed E-state index contributed by atoms with van der Waals surface area (Å²) in [5.41, 5.74) is 5.16. The number of hydrogen-bond donors (Lipinski definition) is 2. The van der Waals surface area contributed by atoms with Gasteiger partial charge in [-0.2, -0.15) is 13.2 Å². The van der Waals surface area contributed by atoms with Gasteiger partial charge in [0.2, 0.25) is 5.91 Å². The first-order valence-electron chi connectivity index (χ1n) is 5.29. The van der Waals surface area contributed by atoms with Crippen LogP contribution in [0, 0.1) is 0 Å². The molecule has 0 saturated heterocycles. The van der Waals surface area contributed by atoms with Crippen LogP contribution < -0.4 is 11.1 Å². The third-order valence-electron chi connectivity index (χ3n) is 1.73. The topological polar surface area (TPSA) is 70.7 Å². The predicted octanol–water partition coefficient (Wildman–Crippen LogP) is 0.710. The number of nitrogens with zero attached hydrogens (tertiary/aromatic N) is 2. The number of halogens is 3. The van der Waals surface area contributed by atoms with E-state index in [-0.39, 0.29) is 11.5 Å². The summed E-state index contributed by atoms with van der Waals surface area (Å²) >= 11 is 0. The maximum Gasteiger partial charge on any atom is 0.406 e. The molecule has 0 bridgehead atoms. The number of nitrogens with one attached hydrogen (secondary N) is 1. The Bertz CT molecular complexity index is 320. The molecule has 106 valence electrons. The molecule has 0 heterocycles. The minimum absolute atomic E-state index is 0.0243. The Morgan fingerprint density at radius 2 is 1.83 bits per heavy atom. The molecule has 1 amide bonds. The second-order valence-corrected chi connectivity index (χ2v) is 4.94. The van der Waals surface area contributed by atoms with E-state index in [1.807, 2.05) is 20.8 Å². The van der Waals surface area contributed by atoms with Gasteiger partial charge in [-0.15, -0.1) is 0 Å². The van der Waals surface area contributed by atoms with E-state index in [2.05, 4.69) is 10.3 Å². The highest BCUT2D eigenvalue weighted by Crippen LogP contribution is 2.15. The van der Waals surface area contributed by atoms with Crippen molar-refractivity contribution in [1.82, 2.24) is 10.2 Å². The molecule has 0 spiro atoms. The number of hydrogen-bond acceptors (Lipinski definition) is 2. The SMILES string of the molecule is CN(CC(F)(F)F)C(=O)CN=C(N)NC(C)(C)C. The highest BCUT2D eigenvalue weighted by atomic mass is 19.4. The Hall–Kier alpha value is -1.47. The van der Waals surface area contributed by atoms with E-state index < -0.39 is 25.2 Å². The number of nitrogens with two attached hydrogens (primary N) is 1. The fraction of sp³-hybridized carbons (Fsp3) is 0.800. The fourth-order valence-electron chi connectivity index (χ4n) is 1.05. The smallest absolute Gasteiger partial charge is 0.370 e. The van der Waals surface area contributed by atoms with Gasteiger partial charge < -0.3 is 16.0 Å². The number of guanidine groups is 1. The van der Waals surface area contributed by atoms with Crippen LogP contribution in [0.4, 0.5) is 13.2 Å². The molecule has 0 fully saturated rings. The summed E-state index contributed by atoms with van der Waals surface area (Å²) < 4.78 is 36.1. The van der Waals surface area contributed by atoms with E-state index in [1.165, 1.54) is 0 Å². The summed E-state index contributed by atoms with van der Waals surface area (Å²) in [4.78, 5) is 15.6. The molecule has 0 aliphatic rings. The van der Waals surface area contributed by atoms with Gasteiger partial charge in [0.1, 0.15) is 13.1 Å². The van der Waals surface area contributed by atoms with Gasteiger partial charge in [-0.25, -0.2) is 4.99 Å². The number of carbonyl (C=O) groups is 1. The third kappa shape index (κ3) is 8.66. The molecule has 8 heteroatoms. The standard InChI is InChI=1S/C10H19F3N4O/c1-9(2,3)16-8(14)15-5-7(18)17(4)6-10(11,12)13/h5-6H2,1-4H3,(H3,14,15,16). The summed E-state index contributed by atoms with van der Waals surface area (Å²) in [6.45, 7) is 3.81. The van der Waals surface area contributed by atoms with Crippen LogP contribution >= 0.6 is 0 Å². The Morgan fingerprint density at radius 1 is 1.33 bits per heavy atom. The minimum Gasteiger partial charge on any atom is -0.370 e. The van der Waals surface area contributed by atoms with Gasteiger partial charge in [0.15, 0.2) is 5.96 Å².